The Balaban J connectivity index is 1.58. The fourth-order valence-corrected chi connectivity index (χ4v) is 4.58. The van der Waals surface area contributed by atoms with Gasteiger partial charge in [-0.05, 0) is 31.0 Å². The third-order valence-corrected chi connectivity index (χ3v) is 5.98. The van der Waals surface area contributed by atoms with Gasteiger partial charge in [-0.15, -0.1) is 21.5 Å². The number of anilines is 2. The van der Waals surface area contributed by atoms with E-state index in [9.17, 15) is 9.59 Å². The number of thioether (sulfide) groups is 1. The predicted octanol–water partition coefficient (Wildman–Crippen LogP) is 3.81. The molecule has 2 N–H and O–H groups in total. The Labute approximate surface area is 176 Å². The molecule has 2 aromatic heterocycles. The van der Waals surface area contributed by atoms with E-state index in [0.717, 1.165) is 40.9 Å². The van der Waals surface area contributed by atoms with Gasteiger partial charge < -0.3 is 10.6 Å². The van der Waals surface area contributed by atoms with E-state index >= 15 is 0 Å². The number of hydrogen-bond acceptors (Lipinski definition) is 7. The zero-order chi connectivity index (χ0) is 20.4. The molecule has 0 atom stereocenters. The molecule has 0 bridgehead atoms. The van der Waals surface area contributed by atoms with Gasteiger partial charge in [-0.2, -0.15) is 0 Å². The average molecular weight is 429 g/mol. The molecule has 0 saturated heterocycles. The van der Waals surface area contributed by atoms with Crippen LogP contribution in [0, 0.1) is 0 Å². The molecule has 0 unspecified atom stereocenters. The summed E-state index contributed by atoms with van der Waals surface area (Å²) >= 11 is 2.95. The van der Waals surface area contributed by atoms with Gasteiger partial charge in [0.15, 0.2) is 10.3 Å². The Kier molecular flexibility index (Phi) is 5.63. The molecule has 3 aromatic rings. The molecule has 10 heteroatoms. The quantitative estimate of drug-likeness (QED) is 0.555. The third-order valence-electron chi connectivity index (χ3n) is 4.21. The van der Waals surface area contributed by atoms with E-state index in [1.54, 1.807) is 11.8 Å². The van der Waals surface area contributed by atoms with Crippen LogP contribution < -0.4 is 10.6 Å². The number of thiazole rings is 1. The first-order chi connectivity index (χ1) is 14.0. The fraction of sp³-hybridized carbons (Fsp3) is 0.316. The van der Waals surface area contributed by atoms with Crippen molar-refractivity contribution >= 4 is 45.7 Å². The molecule has 1 saturated carbocycles. The minimum Gasteiger partial charge on any atom is -0.326 e. The number of hydrogen-bond donors (Lipinski definition) is 2. The van der Waals surface area contributed by atoms with E-state index < -0.39 is 0 Å². The Morgan fingerprint density at radius 1 is 1.21 bits per heavy atom. The summed E-state index contributed by atoms with van der Waals surface area (Å²) in [6, 6.07) is 7.68. The molecule has 2 heterocycles. The van der Waals surface area contributed by atoms with Crippen LogP contribution in [0.2, 0.25) is 0 Å². The minimum absolute atomic E-state index is 0.110. The first-order valence-electron chi connectivity index (χ1n) is 9.17. The first kappa shape index (κ1) is 19.6. The lowest BCUT2D eigenvalue weighted by atomic mass is 10.2. The number of nitrogens with zero attached hydrogens (tertiary/aromatic N) is 4. The molecule has 150 valence electrons. The van der Waals surface area contributed by atoms with Crippen molar-refractivity contribution in [2.75, 3.05) is 10.6 Å². The lowest BCUT2D eigenvalue weighted by Crippen LogP contribution is -2.07. The SMILES string of the molecule is CC(=O)Nc1cccc(-n2c(SCc3csc(NC(C)=O)n3)nnc2C2CC2)c1. The standard InChI is InChI=1S/C19H20N6O2S2/c1-11(26)20-14-4-3-5-16(8-14)25-17(13-6-7-13)23-24-19(25)29-10-15-9-28-18(22-15)21-12(2)27/h3-5,8-9,13H,6-7,10H2,1-2H3,(H,20,26)(H,21,22,27). The smallest absolute Gasteiger partial charge is 0.223 e. The summed E-state index contributed by atoms with van der Waals surface area (Å²) in [6.45, 7) is 2.96. The van der Waals surface area contributed by atoms with Crippen LogP contribution in [0.3, 0.4) is 0 Å². The highest BCUT2D eigenvalue weighted by atomic mass is 32.2. The van der Waals surface area contributed by atoms with Crippen LogP contribution in [-0.2, 0) is 15.3 Å². The van der Waals surface area contributed by atoms with E-state index in [-0.39, 0.29) is 11.8 Å². The highest BCUT2D eigenvalue weighted by Crippen LogP contribution is 2.41. The molecule has 8 nitrogen and oxygen atoms in total. The maximum Gasteiger partial charge on any atom is 0.223 e. The summed E-state index contributed by atoms with van der Waals surface area (Å²) in [5.41, 5.74) is 2.53. The Bertz CT molecular complexity index is 1060. The topological polar surface area (TPSA) is 102 Å². The second-order valence-corrected chi connectivity index (χ2v) is 8.60. The van der Waals surface area contributed by atoms with Crippen LogP contribution in [0.15, 0.2) is 34.8 Å². The van der Waals surface area contributed by atoms with Crippen LogP contribution in [0.25, 0.3) is 5.69 Å². The summed E-state index contributed by atoms with van der Waals surface area (Å²) in [7, 11) is 0. The molecule has 29 heavy (non-hydrogen) atoms. The molecule has 0 spiro atoms. The summed E-state index contributed by atoms with van der Waals surface area (Å²) < 4.78 is 2.06. The van der Waals surface area contributed by atoms with Crippen LogP contribution in [0.5, 0.6) is 0 Å². The maximum absolute atomic E-state index is 11.4. The van der Waals surface area contributed by atoms with E-state index in [1.807, 2.05) is 29.6 Å². The molecule has 1 fully saturated rings. The Morgan fingerprint density at radius 2 is 2.00 bits per heavy atom. The van der Waals surface area contributed by atoms with E-state index in [2.05, 4.69) is 30.4 Å². The van der Waals surface area contributed by atoms with Crippen molar-refractivity contribution in [3.63, 3.8) is 0 Å². The van der Waals surface area contributed by atoms with Crippen molar-refractivity contribution in [2.24, 2.45) is 0 Å². The van der Waals surface area contributed by atoms with Crippen LogP contribution >= 0.6 is 23.1 Å². The lowest BCUT2D eigenvalue weighted by molar-refractivity contribution is -0.115. The number of rotatable bonds is 7. The molecular formula is C19H20N6O2S2. The molecule has 0 radical (unpaired) electrons. The second kappa shape index (κ2) is 8.34. The van der Waals surface area contributed by atoms with Crippen LogP contribution in [0.1, 0.15) is 44.1 Å². The van der Waals surface area contributed by atoms with Gasteiger partial charge in [0.2, 0.25) is 11.8 Å². The van der Waals surface area contributed by atoms with E-state index in [1.165, 1.54) is 25.2 Å². The summed E-state index contributed by atoms with van der Waals surface area (Å²) in [6.07, 6.45) is 2.22. The molecule has 2 amide bonds. The van der Waals surface area contributed by atoms with Gasteiger partial charge >= 0.3 is 0 Å². The largest absolute Gasteiger partial charge is 0.326 e. The molecule has 1 aromatic carbocycles. The van der Waals surface area contributed by atoms with Gasteiger partial charge in [0, 0.05) is 36.6 Å². The van der Waals surface area contributed by atoms with Crippen molar-refractivity contribution in [1.29, 1.82) is 0 Å². The van der Waals surface area contributed by atoms with Gasteiger partial charge in [-0.1, -0.05) is 17.8 Å². The van der Waals surface area contributed by atoms with Crippen molar-refractivity contribution in [3.8, 4) is 5.69 Å². The van der Waals surface area contributed by atoms with E-state index in [4.69, 9.17) is 0 Å². The lowest BCUT2D eigenvalue weighted by Gasteiger charge is -2.11. The van der Waals surface area contributed by atoms with Gasteiger partial charge in [0.1, 0.15) is 5.82 Å². The third kappa shape index (κ3) is 4.83. The summed E-state index contributed by atoms with van der Waals surface area (Å²) in [5, 5.41) is 17.7. The molecule has 4 rings (SSSR count). The number of aromatic nitrogens is 4. The van der Waals surface area contributed by atoms with Gasteiger partial charge in [-0.25, -0.2) is 4.98 Å². The number of amides is 2. The molecular weight excluding hydrogens is 408 g/mol. The fourth-order valence-electron chi connectivity index (χ4n) is 2.87. The maximum atomic E-state index is 11.4. The average Bonchev–Trinajstić information content (AvgIpc) is 3.27. The highest BCUT2D eigenvalue weighted by Gasteiger charge is 2.31. The van der Waals surface area contributed by atoms with Crippen molar-refractivity contribution < 1.29 is 9.59 Å². The molecule has 1 aliphatic carbocycles. The van der Waals surface area contributed by atoms with Crippen LogP contribution in [-0.4, -0.2) is 31.6 Å². The molecule has 0 aliphatic heterocycles. The van der Waals surface area contributed by atoms with Gasteiger partial charge in [0.25, 0.3) is 0 Å². The highest BCUT2D eigenvalue weighted by molar-refractivity contribution is 7.98. The Hall–Kier alpha value is -2.72. The zero-order valence-corrected chi connectivity index (χ0v) is 17.6. The zero-order valence-electron chi connectivity index (χ0n) is 16.0. The van der Waals surface area contributed by atoms with Crippen molar-refractivity contribution in [2.45, 2.75) is 43.5 Å². The van der Waals surface area contributed by atoms with E-state index in [0.29, 0.717) is 16.8 Å². The summed E-state index contributed by atoms with van der Waals surface area (Å²) in [4.78, 5) is 27.0. The van der Waals surface area contributed by atoms with Gasteiger partial charge in [0.05, 0.1) is 11.4 Å². The number of nitrogens with one attached hydrogen (secondary N) is 2. The normalized spacial score (nSPS) is 13.3. The second-order valence-electron chi connectivity index (χ2n) is 6.80. The minimum atomic E-state index is -0.133. The predicted molar refractivity (Wildman–Crippen MR) is 114 cm³/mol. The summed E-state index contributed by atoms with van der Waals surface area (Å²) in [5.74, 6) is 1.74. The number of carbonyl (C=O) groups is 2. The molecule has 1 aliphatic rings. The Morgan fingerprint density at radius 3 is 2.72 bits per heavy atom. The van der Waals surface area contributed by atoms with Crippen LogP contribution in [0.4, 0.5) is 10.8 Å². The van der Waals surface area contributed by atoms with Crippen molar-refractivity contribution in [3.05, 3.63) is 41.2 Å². The number of benzene rings is 1. The number of carbonyl (C=O) groups excluding carboxylic acids is 2. The van der Waals surface area contributed by atoms with Crippen molar-refractivity contribution in [1.82, 2.24) is 19.7 Å². The monoisotopic (exact) mass is 428 g/mol. The van der Waals surface area contributed by atoms with Gasteiger partial charge in [-0.3, -0.25) is 14.2 Å². The first-order valence-corrected chi connectivity index (χ1v) is 11.0.